The maximum atomic E-state index is 12.5. The van der Waals surface area contributed by atoms with Gasteiger partial charge in [-0.3, -0.25) is 4.79 Å². The molecular formula is C20H27N3O. The van der Waals surface area contributed by atoms with E-state index in [9.17, 15) is 4.79 Å². The Morgan fingerprint density at radius 2 is 1.71 bits per heavy atom. The lowest BCUT2D eigenvalue weighted by atomic mass is 10.1. The molecule has 1 heterocycles. The predicted molar refractivity (Wildman–Crippen MR) is 99.2 cm³/mol. The highest BCUT2D eigenvalue weighted by Crippen LogP contribution is 2.11. The van der Waals surface area contributed by atoms with E-state index < -0.39 is 0 Å². The van der Waals surface area contributed by atoms with E-state index in [2.05, 4.69) is 55.3 Å². The molecule has 0 fully saturated rings. The van der Waals surface area contributed by atoms with Crippen LogP contribution >= 0.6 is 0 Å². The quantitative estimate of drug-likeness (QED) is 0.788. The lowest BCUT2D eigenvalue weighted by molar-refractivity contribution is 0.0755. The van der Waals surface area contributed by atoms with Gasteiger partial charge in [-0.05, 0) is 37.5 Å². The normalized spacial score (nSPS) is 10.5. The minimum absolute atomic E-state index is 0.0660. The summed E-state index contributed by atoms with van der Waals surface area (Å²) in [5.41, 5.74) is 3.11. The maximum absolute atomic E-state index is 12.5. The van der Waals surface area contributed by atoms with E-state index >= 15 is 0 Å². The van der Waals surface area contributed by atoms with Gasteiger partial charge in [0.15, 0.2) is 0 Å². The number of rotatable bonds is 8. The first-order chi connectivity index (χ1) is 11.6. The SMILES string of the molecule is CCCN(CCC)C(=O)c1ccc(NCc2ccc(C)cc2)nc1. The fourth-order valence-electron chi connectivity index (χ4n) is 2.56. The number of anilines is 1. The van der Waals surface area contributed by atoms with Gasteiger partial charge in [-0.1, -0.05) is 43.7 Å². The number of aryl methyl sites for hydroxylation is 1. The van der Waals surface area contributed by atoms with Crippen molar-refractivity contribution in [3.8, 4) is 0 Å². The number of hydrogen-bond acceptors (Lipinski definition) is 3. The summed E-state index contributed by atoms with van der Waals surface area (Å²) < 4.78 is 0. The third kappa shape index (κ3) is 5.08. The van der Waals surface area contributed by atoms with Crippen LogP contribution in [0.1, 0.15) is 48.2 Å². The number of carbonyl (C=O) groups is 1. The van der Waals surface area contributed by atoms with Crippen LogP contribution in [0.25, 0.3) is 0 Å². The highest BCUT2D eigenvalue weighted by molar-refractivity contribution is 5.94. The zero-order valence-corrected chi connectivity index (χ0v) is 14.9. The molecule has 0 spiro atoms. The van der Waals surface area contributed by atoms with E-state index in [1.807, 2.05) is 17.0 Å². The number of aromatic nitrogens is 1. The number of benzene rings is 1. The Kier molecular flexibility index (Phi) is 6.79. The van der Waals surface area contributed by atoms with E-state index in [0.29, 0.717) is 5.56 Å². The molecule has 1 aromatic heterocycles. The fourth-order valence-corrected chi connectivity index (χ4v) is 2.56. The van der Waals surface area contributed by atoms with Crippen LogP contribution in [-0.2, 0) is 6.54 Å². The summed E-state index contributed by atoms with van der Waals surface area (Å²) in [6.45, 7) is 8.56. The number of nitrogens with one attached hydrogen (secondary N) is 1. The number of hydrogen-bond donors (Lipinski definition) is 1. The molecule has 1 N–H and O–H groups in total. The lowest BCUT2D eigenvalue weighted by Gasteiger charge is -2.21. The molecule has 1 aromatic carbocycles. The van der Waals surface area contributed by atoms with Gasteiger partial charge in [0.25, 0.3) is 5.91 Å². The summed E-state index contributed by atoms with van der Waals surface area (Å²) in [5, 5.41) is 3.29. The molecule has 0 aliphatic carbocycles. The third-order valence-corrected chi connectivity index (χ3v) is 3.88. The molecule has 4 heteroatoms. The standard InChI is InChI=1S/C20H27N3O/c1-4-12-23(13-5-2)20(24)18-10-11-19(22-15-18)21-14-17-8-6-16(3)7-9-17/h6-11,15H,4-5,12-14H2,1-3H3,(H,21,22). The van der Waals surface area contributed by atoms with Crippen molar-refractivity contribution >= 4 is 11.7 Å². The second-order valence-electron chi connectivity index (χ2n) is 6.06. The average Bonchev–Trinajstić information content (AvgIpc) is 2.61. The Bertz CT molecular complexity index is 629. The predicted octanol–water partition coefficient (Wildman–Crippen LogP) is 4.26. The van der Waals surface area contributed by atoms with Crippen molar-refractivity contribution in [2.24, 2.45) is 0 Å². The number of amides is 1. The average molecular weight is 325 g/mol. The van der Waals surface area contributed by atoms with Crippen molar-refractivity contribution in [2.75, 3.05) is 18.4 Å². The van der Waals surface area contributed by atoms with Crippen LogP contribution < -0.4 is 5.32 Å². The first-order valence-corrected chi connectivity index (χ1v) is 8.68. The molecule has 0 saturated heterocycles. The third-order valence-electron chi connectivity index (χ3n) is 3.88. The molecular weight excluding hydrogens is 298 g/mol. The zero-order valence-electron chi connectivity index (χ0n) is 14.9. The van der Waals surface area contributed by atoms with Gasteiger partial charge in [-0.2, -0.15) is 0 Å². The highest BCUT2D eigenvalue weighted by Gasteiger charge is 2.14. The number of carbonyl (C=O) groups excluding carboxylic acids is 1. The molecule has 0 aliphatic rings. The Balaban J connectivity index is 1.96. The van der Waals surface area contributed by atoms with Crippen molar-refractivity contribution < 1.29 is 4.79 Å². The molecule has 0 atom stereocenters. The monoisotopic (exact) mass is 325 g/mol. The molecule has 1 amide bonds. The summed E-state index contributed by atoms with van der Waals surface area (Å²) >= 11 is 0. The van der Waals surface area contributed by atoms with Crippen molar-refractivity contribution in [3.63, 3.8) is 0 Å². The van der Waals surface area contributed by atoms with Crippen molar-refractivity contribution in [2.45, 2.75) is 40.2 Å². The van der Waals surface area contributed by atoms with Crippen LogP contribution in [-0.4, -0.2) is 28.9 Å². The summed E-state index contributed by atoms with van der Waals surface area (Å²) in [6.07, 6.45) is 3.60. The summed E-state index contributed by atoms with van der Waals surface area (Å²) in [4.78, 5) is 18.8. The van der Waals surface area contributed by atoms with Crippen LogP contribution in [0, 0.1) is 6.92 Å². The van der Waals surface area contributed by atoms with Gasteiger partial charge >= 0.3 is 0 Å². The molecule has 2 rings (SSSR count). The molecule has 0 aliphatic heterocycles. The van der Waals surface area contributed by atoms with Crippen LogP contribution in [0.4, 0.5) is 5.82 Å². The maximum Gasteiger partial charge on any atom is 0.255 e. The van der Waals surface area contributed by atoms with Gasteiger partial charge in [-0.25, -0.2) is 4.98 Å². The molecule has 4 nitrogen and oxygen atoms in total. The largest absolute Gasteiger partial charge is 0.366 e. The highest BCUT2D eigenvalue weighted by atomic mass is 16.2. The first-order valence-electron chi connectivity index (χ1n) is 8.68. The van der Waals surface area contributed by atoms with E-state index in [-0.39, 0.29) is 5.91 Å². The second kappa shape index (κ2) is 9.06. The van der Waals surface area contributed by atoms with Gasteiger partial charge in [0.05, 0.1) is 5.56 Å². The van der Waals surface area contributed by atoms with E-state index in [1.54, 1.807) is 6.20 Å². The Morgan fingerprint density at radius 3 is 2.25 bits per heavy atom. The molecule has 2 aromatic rings. The molecule has 0 radical (unpaired) electrons. The van der Waals surface area contributed by atoms with Crippen LogP contribution in [0.2, 0.25) is 0 Å². The Labute approximate surface area is 144 Å². The Morgan fingerprint density at radius 1 is 1.04 bits per heavy atom. The minimum atomic E-state index is 0.0660. The van der Waals surface area contributed by atoms with E-state index in [0.717, 1.165) is 38.3 Å². The minimum Gasteiger partial charge on any atom is -0.366 e. The zero-order chi connectivity index (χ0) is 17.4. The van der Waals surface area contributed by atoms with Crippen molar-refractivity contribution in [1.29, 1.82) is 0 Å². The van der Waals surface area contributed by atoms with E-state index in [4.69, 9.17) is 0 Å². The summed E-state index contributed by atoms with van der Waals surface area (Å²) in [7, 11) is 0. The molecule has 0 unspecified atom stereocenters. The topological polar surface area (TPSA) is 45.2 Å². The molecule has 0 bridgehead atoms. The Hall–Kier alpha value is -2.36. The van der Waals surface area contributed by atoms with Gasteiger partial charge in [0, 0.05) is 25.8 Å². The smallest absolute Gasteiger partial charge is 0.255 e. The van der Waals surface area contributed by atoms with Crippen molar-refractivity contribution in [3.05, 3.63) is 59.3 Å². The summed E-state index contributed by atoms with van der Waals surface area (Å²) in [5.74, 6) is 0.848. The second-order valence-corrected chi connectivity index (χ2v) is 6.06. The van der Waals surface area contributed by atoms with Crippen LogP contribution in [0.5, 0.6) is 0 Å². The van der Waals surface area contributed by atoms with Gasteiger partial charge in [0.2, 0.25) is 0 Å². The van der Waals surface area contributed by atoms with E-state index in [1.165, 1.54) is 11.1 Å². The summed E-state index contributed by atoms with van der Waals surface area (Å²) in [6, 6.07) is 12.1. The molecule has 24 heavy (non-hydrogen) atoms. The van der Waals surface area contributed by atoms with Crippen LogP contribution in [0.15, 0.2) is 42.6 Å². The van der Waals surface area contributed by atoms with Crippen molar-refractivity contribution in [1.82, 2.24) is 9.88 Å². The fraction of sp³-hybridized carbons (Fsp3) is 0.400. The lowest BCUT2D eigenvalue weighted by Crippen LogP contribution is -2.32. The number of nitrogens with zero attached hydrogens (tertiary/aromatic N) is 2. The van der Waals surface area contributed by atoms with Gasteiger partial charge < -0.3 is 10.2 Å². The van der Waals surface area contributed by atoms with Gasteiger partial charge in [-0.15, -0.1) is 0 Å². The molecule has 0 saturated carbocycles. The number of pyridine rings is 1. The first kappa shape index (κ1) is 18.0. The van der Waals surface area contributed by atoms with Crippen LogP contribution in [0.3, 0.4) is 0 Å². The van der Waals surface area contributed by atoms with Gasteiger partial charge in [0.1, 0.15) is 5.82 Å². The molecule has 128 valence electrons.